The van der Waals surface area contributed by atoms with Gasteiger partial charge in [0.1, 0.15) is 0 Å². The topological polar surface area (TPSA) is 26.3 Å². The minimum Gasteiger partial charge on any atom is -0.423 e. The van der Waals surface area contributed by atoms with Crippen molar-refractivity contribution in [3.63, 3.8) is 0 Å². The molecule has 0 radical (unpaired) electrons. The molecule has 1 heterocycles. The molecule has 0 N–H and O–H groups in total. The first-order valence-corrected chi connectivity index (χ1v) is 12.1. The maximum atomic E-state index is 15.3. The van der Waals surface area contributed by atoms with Crippen LogP contribution in [0.3, 0.4) is 0 Å². The number of ether oxygens (including phenoxy) is 1. The van der Waals surface area contributed by atoms with E-state index in [0.29, 0.717) is 18.3 Å². The third-order valence-electron chi connectivity index (χ3n) is 7.67. The molecule has 1 fully saturated rings. The van der Waals surface area contributed by atoms with Gasteiger partial charge in [-0.15, -0.1) is 0 Å². The fourth-order valence-electron chi connectivity index (χ4n) is 5.52. The average Bonchev–Trinajstić information content (AvgIpc) is 2.80. The first-order valence-electron chi connectivity index (χ1n) is 12.1. The fourth-order valence-corrected chi connectivity index (χ4v) is 5.52. The Morgan fingerprint density at radius 2 is 1.74 bits per heavy atom. The third-order valence-corrected chi connectivity index (χ3v) is 7.67. The van der Waals surface area contributed by atoms with Crippen molar-refractivity contribution in [2.45, 2.75) is 84.0 Å². The zero-order chi connectivity index (χ0) is 22.0. The van der Waals surface area contributed by atoms with Gasteiger partial charge in [0, 0.05) is 0 Å². The normalized spacial score (nSPS) is 24.4. The van der Waals surface area contributed by atoms with Gasteiger partial charge in [0.2, 0.25) is 0 Å². The van der Waals surface area contributed by atoms with E-state index in [9.17, 15) is 4.79 Å². The summed E-state index contributed by atoms with van der Waals surface area (Å²) in [5.41, 5.74) is 4.40. The molecule has 2 aromatic carbocycles. The van der Waals surface area contributed by atoms with Crippen molar-refractivity contribution in [3.8, 4) is 5.75 Å². The van der Waals surface area contributed by atoms with Crippen molar-refractivity contribution >= 4 is 5.97 Å². The smallest absolute Gasteiger partial charge is 0.314 e. The predicted octanol–water partition coefficient (Wildman–Crippen LogP) is 7.34. The van der Waals surface area contributed by atoms with Gasteiger partial charge in [-0.25, -0.2) is 4.39 Å². The van der Waals surface area contributed by atoms with Gasteiger partial charge in [-0.3, -0.25) is 4.79 Å². The summed E-state index contributed by atoms with van der Waals surface area (Å²) in [5.74, 6) is 0.829. The monoisotopic (exact) mass is 422 g/mol. The molecule has 3 heteroatoms. The molecule has 4 rings (SSSR count). The van der Waals surface area contributed by atoms with Crippen LogP contribution in [0.25, 0.3) is 0 Å². The molecule has 0 saturated heterocycles. The van der Waals surface area contributed by atoms with E-state index in [4.69, 9.17) is 4.74 Å². The lowest BCUT2D eigenvalue weighted by molar-refractivity contribution is -0.140. The summed E-state index contributed by atoms with van der Waals surface area (Å²) >= 11 is 0. The second-order valence-electron chi connectivity index (χ2n) is 9.58. The first-order chi connectivity index (χ1) is 15.0. The average molecular weight is 423 g/mol. The molecule has 166 valence electrons. The second-order valence-corrected chi connectivity index (χ2v) is 9.58. The van der Waals surface area contributed by atoms with Gasteiger partial charge in [-0.1, -0.05) is 63.6 Å². The Hall–Kier alpha value is -2.16. The molecule has 1 saturated carbocycles. The summed E-state index contributed by atoms with van der Waals surface area (Å²) in [4.78, 5) is 12.1. The van der Waals surface area contributed by atoms with E-state index in [2.05, 4.69) is 38.1 Å². The molecule has 0 amide bonds. The lowest BCUT2D eigenvalue weighted by Gasteiger charge is -2.33. The van der Waals surface area contributed by atoms with Crippen LogP contribution in [0.15, 0.2) is 36.4 Å². The zero-order valence-corrected chi connectivity index (χ0v) is 19.1. The Morgan fingerprint density at radius 1 is 1.03 bits per heavy atom. The van der Waals surface area contributed by atoms with Crippen LogP contribution in [0.1, 0.15) is 93.4 Å². The van der Waals surface area contributed by atoms with E-state index in [1.54, 1.807) is 0 Å². The van der Waals surface area contributed by atoms with Gasteiger partial charge in [-0.05, 0) is 85.0 Å². The van der Waals surface area contributed by atoms with Crippen molar-refractivity contribution < 1.29 is 13.9 Å². The molecule has 2 aromatic rings. The highest BCUT2D eigenvalue weighted by Crippen LogP contribution is 2.44. The molecule has 1 aliphatic carbocycles. The molecule has 0 aromatic heterocycles. The molecular formula is C28H35FO2. The number of rotatable bonds is 6. The van der Waals surface area contributed by atoms with Gasteiger partial charge in [0.25, 0.3) is 0 Å². The maximum Gasteiger partial charge on any atom is 0.314 e. The summed E-state index contributed by atoms with van der Waals surface area (Å²) in [7, 11) is 0. The SMILES string of the molecule is CCCc1ccc(C(C)C2CCC(c3ccc4c(c3F)OC(=O)C(CC)C4)CC2)cc1. The number of hydrogen-bond acceptors (Lipinski definition) is 2. The highest BCUT2D eigenvalue weighted by Gasteiger charge is 2.33. The van der Waals surface area contributed by atoms with Crippen LogP contribution in [0.5, 0.6) is 5.75 Å². The van der Waals surface area contributed by atoms with Crippen molar-refractivity contribution in [3.05, 3.63) is 64.5 Å². The van der Waals surface area contributed by atoms with E-state index in [0.717, 1.165) is 49.7 Å². The minimum atomic E-state index is -0.302. The number of carbonyl (C=O) groups excluding carboxylic acids is 1. The van der Waals surface area contributed by atoms with Crippen molar-refractivity contribution in [1.82, 2.24) is 0 Å². The van der Waals surface area contributed by atoms with Crippen LogP contribution < -0.4 is 4.74 Å². The van der Waals surface area contributed by atoms with Gasteiger partial charge >= 0.3 is 5.97 Å². The molecule has 2 atom stereocenters. The van der Waals surface area contributed by atoms with Gasteiger partial charge < -0.3 is 4.74 Å². The third kappa shape index (κ3) is 4.56. The molecule has 2 nitrogen and oxygen atoms in total. The van der Waals surface area contributed by atoms with Gasteiger partial charge in [0.15, 0.2) is 11.6 Å². The number of esters is 1. The number of aryl methyl sites for hydroxylation is 1. The Morgan fingerprint density at radius 3 is 2.39 bits per heavy atom. The largest absolute Gasteiger partial charge is 0.423 e. The Labute approximate surface area is 186 Å². The van der Waals surface area contributed by atoms with E-state index in [1.165, 1.54) is 17.5 Å². The van der Waals surface area contributed by atoms with Crippen LogP contribution >= 0.6 is 0 Å². The van der Waals surface area contributed by atoms with Crippen LogP contribution in [0.2, 0.25) is 0 Å². The maximum absolute atomic E-state index is 15.3. The quantitative estimate of drug-likeness (QED) is 0.359. The molecule has 1 aliphatic heterocycles. The van der Waals surface area contributed by atoms with Crippen LogP contribution in [0.4, 0.5) is 4.39 Å². The fraction of sp³-hybridized carbons (Fsp3) is 0.536. The summed E-state index contributed by atoms with van der Waals surface area (Å²) in [5, 5.41) is 0. The van der Waals surface area contributed by atoms with Crippen LogP contribution in [-0.2, 0) is 17.6 Å². The van der Waals surface area contributed by atoms with Crippen LogP contribution in [0, 0.1) is 17.7 Å². The number of halogens is 1. The standard InChI is InChI=1S/C28H35FO2/c1-4-6-19-7-9-21(10-8-19)18(3)22-11-13-23(14-12-22)25-16-15-24-17-20(5-2)28(30)31-27(24)26(25)29/h7-10,15-16,18,20,22-23H,4-6,11-14,17H2,1-3H3. The molecule has 0 bridgehead atoms. The van der Waals surface area contributed by atoms with Crippen molar-refractivity contribution in [1.29, 1.82) is 0 Å². The van der Waals surface area contributed by atoms with Crippen molar-refractivity contribution in [2.24, 2.45) is 11.8 Å². The highest BCUT2D eigenvalue weighted by atomic mass is 19.1. The summed E-state index contributed by atoms with van der Waals surface area (Å²) in [6, 6.07) is 13.1. The molecule has 31 heavy (non-hydrogen) atoms. The van der Waals surface area contributed by atoms with E-state index in [-0.39, 0.29) is 29.4 Å². The molecule has 0 spiro atoms. The minimum absolute atomic E-state index is 0.147. The molecular weight excluding hydrogens is 387 g/mol. The molecule has 2 aliphatic rings. The molecule has 2 unspecified atom stereocenters. The van der Waals surface area contributed by atoms with Crippen molar-refractivity contribution in [2.75, 3.05) is 0 Å². The summed E-state index contributed by atoms with van der Waals surface area (Å²) < 4.78 is 20.7. The Bertz CT molecular complexity index is 909. The first kappa shape index (κ1) is 22.0. The van der Waals surface area contributed by atoms with Crippen LogP contribution in [-0.4, -0.2) is 5.97 Å². The van der Waals surface area contributed by atoms with E-state index >= 15 is 4.39 Å². The number of hydrogen-bond donors (Lipinski definition) is 0. The summed E-state index contributed by atoms with van der Waals surface area (Å²) in [6.07, 6.45) is 7.83. The zero-order valence-electron chi connectivity index (χ0n) is 19.1. The highest BCUT2D eigenvalue weighted by molar-refractivity contribution is 5.78. The van der Waals surface area contributed by atoms with E-state index < -0.39 is 0 Å². The van der Waals surface area contributed by atoms with Gasteiger partial charge in [-0.2, -0.15) is 0 Å². The number of fused-ring (bicyclic) bond motifs is 1. The predicted molar refractivity (Wildman–Crippen MR) is 123 cm³/mol. The number of benzene rings is 2. The van der Waals surface area contributed by atoms with Gasteiger partial charge in [0.05, 0.1) is 5.92 Å². The Balaban J connectivity index is 1.42. The Kier molecular flexibility index (Phi) is 6.79. The number of carbonyl (C=O) groups is 1. The summed E-state index contributed by atoms with van der Waals surface area (Å²) in [6.45, 7) is 6.52. The lowest BCUT2D eigenvalue weighted by Crippen LogP contribution is -2.28. The lowest BCUT2D eigenvalue weighted by atomic mass is 9.72. The van der Waals surface area contributed by atoms with E-state index in [1.807, 2.05) is 19.1 Å². The second kappa shape index (κ2) is 9.54.